The molecule has 26 heavy (non-hydrogen) atoms. The molecule has 0 N–H and O–H groups in total. The van der Waals surface area contributed by atoms with Crippen LogP contribution >= 0.6 is 11.6 Å². The van der Waals surface area contributed by atoms with E-state index in [2.05, 4.69) is 4.98 Å². The Bertz CT molecular complexity index is 800. The van der Waals surface area contributed by atoms with Crippen molar-refractivity contribution in [2.45, 2.75) is 46.8 Å². The van der Waals surface area contributed by atoms with Gasteiger partial charge >= 0.3 is 6.09 Å². The molecule has 0 bridgehead atoms. The number of amides is 1. The largest absolute Gasteiger partial charge is 0.496 e. The van der Waals surface area contributed by atoms with E-state index >= 15 is 0 Å². The second-order valence-electron chi connectivity index (χ2n) is 7.09. The van der Waals surface area contributed by atoms with Gasteiger partial charge in [-0.1, -0.05) is 17.7 Å². The summed E-state index contributed by atoms with van der Waals surface area (Å²) in [6, 6.07) is 7.10. The lowest BCUT2D eigenvalue weighted by Gasteiger charge is -2.28. The number of aryl methyl sites for hydroxylation is 1. The monoisotopic (exact) mass is 376 g/mol. The van der Waals surface area contributed by atoms with E-state index in [4.69, 9.17) is 21.1 Å². The molecule has 1 aromatic heterocycles. The van der Waals surface area contributed by atoms with Gasteiger partial charge in [0.1, 0.15) is 11.4 Å². The molecule has 0 aliphatic carbocycles. The van der Waals surface area contributed by atoms with Crippen molar-refractivity contribution in [3.8, 4) is 5.75 Å². The first-order valence-corrected chi connectivity index (χ1v) is 8.75. The minimum absolute atomic E-state index is 0.248. The average Bonchev–Trinajstić information content (AvgIpc) is 2.53. The zero-order valence-electron chi connectivity index (χ0n) is 16.1. The van der Waals surface area contributed by atoms with Gasteiger partial charge in [-0.15, -0.1) is 0 Å². The Kier molecular flexibility index (Phi) is 6.13. The number of benzene rings is 1. The minimum atomic E-state index is -0.610. The van der Waals surface area contributed by atoms with Crippen LogP contribution in [-0.2, 0) is 11.3 Å². The van der Waals surface area contributed by atoms with Crippen LogP contribution in [0.15, 0.2) is 30.5 Å². The van der Waals surface area contributed by atoms with Gasteiger partial charge in [0.05, 0.1) is 19.3 Å². The highest BCUT2D eigenvalue weighted by Crippen LogP contribution is 2.28. The van der Waals surface area contributed by atoms with Crippen molar-refractivity contribution < 1.29 is 14.3 Å². The van der Waals surface area contributed by atoms with Crippen molar-refractivity contribution in [1.82, 2.24) is 4.98 Å². The number of carbonyl (C=O) groups excluding carboxylic acids is 1. The van der Waals surface area contributed by atoms with Crippen molar-refractivity contribution >= 4 is 23.4 Å². The van der Waals surface area contributed by atoms with Crippen LogP contribution in [0.4, 0.5) is 10.5 Å². The van der Waals surface area contributed by atoms with Gasteiger partial charge in [0.2, 0.25) is 0 Å². The molecule has 1 aromatic carbocycles. The summed E-state index contributed by atoms with van der Waals surface area (Å²) in [5.41, 5.74) is 2.61. The lowest BCUT2D eigenvalue weighted by Crippen LogP contribution is -2.37. The topological polar surface area (TPSA) is 51.7 Å². The maximum Gasteiger partial charge on any atom is 0.415 e. The summed E-state index contributed by atoms with van der Waals surface area (Å²) in [5, 5.41) is 0.544. The van der Waals surface area contributed by atoms with Gasteiger partial charge in [-0.25, -0.2) is 4.79 Å². The minimum Gasteiger partial charge on any atom is -0.496 e. The molecule has 5 nitrogen and oxygen atoms in total. The van der Waals surface area contributed by atoms with Gasteiger partial charge in [0.25, 0.3) is 0 Å². The zero-order valence-corrected chi connectivity index (χ0v) is 16.8. The van der Waals surface area contributed by atoms with Crippen LogP contribution in [-0.4, -0.2) is 23.8 Å². The summed E-state index contributed by atoms with van der Waals surface area (Å²) in [7, 11) is 1.63. The average molecular weight is 377 g/mol. The van der Waals surface area contributed by atoms with E-state index in [1.165, 1.54) is 4.90 Å². The van der Waals surface area contributed by atoms with E-state index in [1.807, 2.05) is 40.7 Å². The highest BCUT2D eigenvalue weighted by Gasteiger charge is 2.25. The first-order valence-electron chi connectivity index (χ1n) is 8.37. The smallest absolute Gasteiger partial charge is 0.415 e. The molecule has 2 rings (SSSR count). The van der Waals surface area contributed by atoms with Crippen LogP contribution in [0.1, 0.15) is 37.6 Å². The summed E-state index contributed by atoms with van der Waals surface area (Å²) in [5.74, 6) is 0.769. The fraction of sp³-hybridized carbons (Fsp3) is 0.400. The predicted molar refractivity (Wildman–Crippen MR) is 104 cm³/mol. The standard InChI is InChI=1S/C20H25ClN2O3/c1-13-11-22-17(14(2)18(13)25-6)12-23(19(24)26-20(3,4)5)16-9-7-8-15(21)10-16/h7-11H,12H2,1-6H3. The van der Waals surface area contributed by atoms with Crippen LogP contribution in [0, 0.1) is 13.8 Å². The Hall–Kier alpha value is -2.27. The number of rotatable bonds is 4. The third-order valence-corrected chi connectivity index (χ3v) is 4.03. The van der Waals surface area contributed by atoms with E-state index in [0.717, 1.165) is 22.6 Å². The number of methoxy groups -OCH3 is 1. The Balaban J connectivity index is 2.44. The Morgan fingerprint density at radius 3 is 2.54 bits per heavy atom. The number of hydrogen-bond donors (Lipinski definition) is 0. The second kappa shape index (κ2) is 7.96. The first-order chi connectivity index (χ1) is 12.1. The fourth-order valence-corrected chi connectivity index (χ4v) is 2.79. The zero-order chi connectivity index (χ0) is 19.5. The van der Waals surface area contributed by atoms with Crippen molar-refractivity contribution in [1.29, 1.82) is 0 Å². The molecule has 0 atom stereocenters. The number of carbonyl (C=O) groups is 1. The summed E-state index contributed by atoms with van der Waals surface area (Å²) in [6.07, 6.45) is 1.28. The SMILES string of the molecule is COc1c(C)cnc(CN(C(=O)OC(C)(C)C)c2cccc(Cl)c2)c1C. The molecule has 0 spiro atoms. The molecule has 0 saturated heterocycles. The van der Waals surface area contributed by atoms with E-state index in [0.29, 0.717) is 10.7 Å². The highest BCUT2D eigenvalue weighted by atomic mass is 35.5. The summed E-state index contributed by atoms with van der Waals surface area (Å²) in [6.45, 7) is 9.61. The number of aromatic nitrogens is 1. The van der Waals surface area contributed by atoms with E-state index < -0.39 is 11.7 Å². The van der Waals surface area contributed by atoms with E-state index in [1.54, 1.807) is 31.5 Å². The summed E-state index contributed by atoms with van der Waals surface area (Å²) >= 11 is 6.12. The highest BCUT2D eigenvalue weighted by molar-refractivity contribution is 6.30. The summed E-state index contributed by atoms with van der Waals surface area (Å²) < 4.78 is 11.0. The molecule has 0 aliphatic heterocycles. The predicted octanol–water partition coefficient (Wildman–Crippen LogP) is 5.30. The number of pyridine rings is 1. The molecule has 0 unspecified atom stereocenters. The summed E-state index contributed by atoms with van der Waals surface area (Å²) in [4.78, 5) is 18.8. The van der Waals surface area contributed by atoms with Gasteiger partial charge in [-0.05, 0) is 52.8 Å². The van der Waals surface area contributed by atoms with E-state index in [-0.39, 0.29) is 6.54 Å². The molecule has 6 heteroatoms. The molecule has 140 valence electrons. The third-order valence-electron chi connectivity index (χ3n) is 3.79. The van der Waals surface area contributed by atoms with Crippen LogP contribution in [0.5, 0.6) is 5.75 Å². The van der Waals surface area contributed by atoms with Gasteiger partial charge in [-0.2, -0.15) is 0 Å². The van der Waals surface area contributed by atoms with Gasteiger partial charge in [0, 0.05) is 28.0 Å². The van der Waals surface area contributed by atoms with Gasteiger partial charge in [-0.3, -0.25) is 9.88 Å². The van der Waals surface area contributed by atoms with Gasteiger partial charge in [0.15, 0.2) is 0 Å². The number of anilines is 1. The van der Waals surface area contributed by atoms with Crippen molar-refractivity contribution in [2.75, 3.05) is 12.0 Å². The normalized spacial score (nSPS) is 11.2. The van der Waals surface area contributed by atoms with Crippen molar-refractivity contribution in [2.24, 2.45) is 0 Å². The van der Waals surface area contributed by atoms with E-state index in [9.17, 15) is 4.79 Å². The molecule has 0 fully saturated rings. The molecule has 0 saturated carbocycles. The van der Waals surface area contributed by atoms with Crippen LogP contribution in [0.25, 0.3) is 0 Å². The molecule has 0 aliphatic rings. The molecular formula is C20H25ClN2O3. The Morgan fingerprint density at radius 2 is 1.96 bits per heavy atom. The number of halogens is 1. The molecule has 1 amide bonds. The molecule has 1 heterocycles. The number of nitrogens with zero attached hydrogens (tertiary/aromatic N) is 2. The van der Waals surface area contributed by atoms with Crippen molar-refractivity contribution in [3.05, 3.63) is 52.3 Å². The maximum atomic E-state index is 12.8. The second-order valence-corrected chi connectivity index (χ2v) is 7.53. The van der Waals surface area contributed by atoms with Crippen molar-refractivity contribution in [3.63, 3.8) is 0 Å². The van der Waals surface area contributed by atoms with Crippen LogP contribution in [0.2, 0.25) is 5.02 Å². The lowest BCUT2D eigenvalue weighted by atomic mass is 10.1. The lowest BCUT2D eigenvalue weighted by molar-refractivity contribution is 0.0577. The first kappa shape index (κ1) is 20.0. The third kappa shape index (κ3) is 4.88. The Labute approximate surface area is 159 Å². The number of ether oxygens (including phenoxy) is 2. The van der Waals surface area contributed by atoms with Crippen LogP contribution < -0.4 is 9.64 Å². The fourth-order valence-electron chi connectivity index (χ4n) is 2.60. The van der Waals surface area contributed by atoms with Gasteiger partial charge < -0.3 is 9.47 Å². The molecule has 0 radical (unpaired) electrons. The van der Waals surface area contributed by atoms with Crippen LogP contribution in [0.3, 0.4) is 0 Å². The maximum absolute atomic E-state index is 12.8. The molecular weight excluding hydrogens is 352 g/mol. The quantitative estimate of drug-likeness (QED) is 0.726. The Morgan fingerprint density at radius 1 is 1.27 bits per heavy atom. The molecule has 2 aromatic rings. The number of hydrogen-bond acceptors (Lipinski definition) is 4.